The van der Waals surface area contributed by atoms with Crippen molar-refractivity contribution in [2.24, 2.45) is 5.10 Å². The van der Waals surface area contributed by atoms with Gasteiger partial charge in [-0.25, -0.2) is 0 Å². The molecular weight excluding hydrogens is 334 g/mol. The summed E-state index contributed by atoms with van der Waals surface area (Å²) in [6, 6.07) is 2.00. The lowest BCUT2D eigenvalue weighted by Crippen LogP contribution is -2.37. The third-order valence-corrected chi connectivity index (χ3v) is 4.32. The fraction of sp³-hybridized carbons (Fsp3) is 0.455. The zero-order valence-corrected chi connectivity index (χ0v) is 12.9. The van der Waals surface area contributed by atoms with Gasteiger partial charge in [-0.3, -0.25) is 5.43 Å². The van der Waals surface area contributed by atoms with E-state index in [0.717, 1.165) is 35.3 Å². The van der Waals surface area contributed by atoms with Gasteiger partial charge in [0.25, 0.3) is 0 Å². The lowest BCUT2D eigenvalue weighted by molar-refractivity contribution is 0.114. The van der Waals surface area contributed by atoms with Gasteiger partial charge in [-0.2, -0.15) is 5.10 Å². The van der Waals surface area contributed by atoms with Gasteiger partial charge in [-0.15, -0.1) is 11.3 Å². The number of nitrogens with zero attached hydrogens (tertiary/aromatic N) is 1. The van der Waals surface area contributed by atoms with Crippen LogP contribution < -0.4 is 10.7 Å². The quantitative estimate of drug-likeness (QED) is 0.499. The summed E-state index contributed by atoms with van der Waals surface area (Å²) in [5.74, 6) is 0. The predicted molar refractivity (Wildman–Crippen MR) is 82.3 cm³/mol. The summed E-state index contributed by atoms with van der Waals surface area (Å²) in [4.78, 5) is 1.07. The monoisotopic (exact) mass is 347 g/mol. The molecule has 2 heterocycles. The number of thiocarbonyl (C=S) groups is 1. The largest absolute Gasteiger partial charge is 0.376 e. The minimum atomic E-state index is 0.280. The number of hydrazone groups is 1. The molecule has 0 unspecified atom stereocenters. The highest BCUT2D eigenvalue weighted by Gasteiger charge is 2.14. The van der Waals surface area contributed by atoms with Crippen molar-refractivity contribution in [1.82, 2.24) is 10.7 Å². The average Bonchev–Trinajstić information content (AvgIpc) is 2.98. The molecule has 1 aliphatic rings. The van der Waals surface area contributed by atoms with Crippen LogP contribution in [0, 0.1) is 0 Å². The molecular formula is C11H14BrN3OS2. The SMILES string of the molecule is S=C(NC[C@@H]1CCCO1)N/N=C\c1cc(Br)cs1. The highest BCUT2D eigenvalue weighted by atomic mass is 79.9. The standard InChI is InChI=1S/C11H14BrN3OS2/c12-8-4-10(18-7-8)6-14-15-11(17)13-5-9-2-1-3-16-9/h4,6-7,9H,1-3,5H2,(H2,13,15,17)/b14-6-/t9-/m0/s1. The van der Waals surface area contributed by atoms with Crippen molar-refractivity contribution >= 4 is 50.8 Å². The van der Waals surface area contributed by atoms with Crippen LogP contribution in [0.2, 0.25) is 0 Å². The van der Waals surface area contributed by atoms with E-state index in [0.29, 0.717) is 5.11 Å². The first-order valence-electron chi connectivity index (χ1n) is 5.66. The van der Waals surface area contributed by atoms with Gasteiger partial charge in [0.1, 0.15) is 0 Å². The second-order valence-electron chi connectivity index (χ2n) is 3.88. The topological polar surface area (TPSA) is 45.6 Å². The fourth-order valence-electron chi connectivity index (χ4n) is 1.60. The number of nitrogens with one attached hydrogen (secondary N) is 2. The summed E-state index contributed by atoms with van der Waals surface area (Å²) in [6.45, 7) is 1.60. The Bertz CT molecular complexity index is 430. The molecule has 0 amide bonds. The lowest BCUT2D eigenvalue weighted by Gasteiger charge is -2.11. The van der Waals surface area contributed by atoms with Crippen LogP contribution in [0.1, 0.15) is 17.7 Å². The third kappa shape index (κ3) is 4.64. The molecule has 1 saturated heterocycles. The van der Waals surface area contributed by atoms with Gasteiger partial charge < -0.3 is 10.1 Å². The van der Waals surface area contributed by atoms with E-state index in [-0.39, 0.29) is 6.10 Å². The van der Waals surface area contributed by atoms with E-state index in [4.69, 9.17) is 17.0 Å². The van der Waals surface area contributed by atoms with E-state index in [1.54, 1.807) is 17.6 Å². The van der Waals surface area contributed by atoms with E-state index in [2.05, 4.69) is 31.8 Å². The van der Waals surface area contributed by atoms with Gasteiger partial charge >= 0.3 is 0 Å². The third-order valence-electron chi connectivity index (χ3n) is 2.46. The molecule has 1 aromatic heterocycles. The van der Waals surface area contributed by atoms with Gasteiger partial charge in [0, 0.05) is 27.9 Å². The average molecular weight is 348 g/mol. The zero-order valence-electron chi connectivity index (χ0n) is 9.69. The molecule has 2 N–H and O–H groups in total. The van der Waals surface area contributed by atoms with Gasteiger partial charge in [0.2, 0.25) is 0 Å². The van der Waals surface area contributed by atoms with E-state index >= 15 is 0 Å². The molecule has 1 atom stereocenters. The van der Waals surface area contributed by atoms with E-state index in [1.165, 1.54) is 0 Å². The van der Waals surface area contributed by atoms with E-state index in [1.807, 2.05) is 11.4 Å². The number of halogens is 1. The summed E-state index contributed by atoms with van der Waals surface area (Å²) >= 11 is 10.1. The van der Waals surface area contributed by atoms with Crippen LogP contribution in [0.4, 0.5) is 0 Å². The Morgan fingerprint density at radius 1 is 1.72 bits per heavy atom. The number of ether oxygens (including phenoxy) is 1. The van der Waals surface area contributed by atoms with Crippen LogP contribution in [-0.2, 0) is 4.74 Å². The highest BCUT2D eigenvalue weighted by Crippen LogP contribution is 2.17. The number of thiophene rings is 1. The molecule has 0 bridgehead atoms. The molecule has 0 aliphatic carbocycles. The fourth-order valence-corrected chi connectivity index (χ4v) is 3.04. The van der Waals surface area contributed by atoms with Crippen LogP contribution in [0.5, 0.6) is 0 Å². The first kappa shape index (κ1) is 13.9. The maximum absolute atomic E-state index is 5.49. The van der Waals surface area contributed by atoms with Gasteiger partial charge in [0.05, 0.1) is 12.3 Å². The first-order valence-corrected chi connectivity index (χ1v) is 7.74. The molecule has 98 valence electrons. The number of rotatable bonds is 4. The second-order valence-corrected chi connectivity index (χ2v) is 6.15. The van der Waals surface area contributed by atoms with E-state index < -0.39 is 0 Å². The summed E-state index contributed by atoms with van der Waals surface area (Å²) in [5, 5.41) is 9.70. The van der Waals surface area contributed by atoms with Crippen LogP contribution >= 0.6 is 39.5 Å². The molecule has 0 radical (unpaired) electrons. The Balaban J connectivity index is 1.66. The first-order chi connectivity index (χ1) is 8.74. The molecule has 7 heteroatoms. The van der Waals surface area contributed by atoms with Crippen molar-refractivity contribution in [3.05, 3.63) is 20.8 Å². The van der Waals surface area contributed by atoms with Crippen molar-refractivity contribution in [1.29, 1.82) is 0 Å². The minimum absolute atomic E-state index is 0.280. The van der Waals surface area contributed by atoms with Crippen molar-refractivity contribution in [2.45, 2.75) is 18.9 Å². The lowest BCUT2D eigenvalue weighted by atomic mass is 10.2. The molecule has 0 saturated carbocycles. The molecule has 4 nitrogen and oxygen atoms in total. The second kappa shape index (κ2) is 7.18. The van der Waals surface area contributed by atoms with Crippen LogP contribution in [0.15, 0.2) is 21.0 Å². The Labute approximate surface area is 124 Å². The molecule has 1 aliphatic heterocycles. The number of hydrogen-bond donors (Lipinski definition) is 2. The summed E-state index contributed by atoms with van der Waals surface area (Å²) in [5.41, 5.74) is 2.79. The molecule has 2 rings (SSSR count). The molecule has 0 aromatic carbocycles. The zero-order chi connectivity index (χ0) is 12.8. The van der Waals surface area contributed by atoms with Crippen LogP contribution in [-0.4, -0.2) is 30.6 Å². The Hall–Kier alpha value is -0.500. The summed E-state index contributed by atoms with van der Waals surface area (Å²) in [6.07, 6.45) is 4.26. The highest BCUT2D eigenvalue weighted by molar-refractivity contribution is 9.10. The summed E-state index contributed by atoms with van der Waals surface area (Å²) in [7, 11) is 0. The van der Waals surface area contributed by atoms with Crippen molar-refractivity contribution in [2.75, 3.05) is 13.2 Å². The molecule has 1 fully saturated rings. The van der Waals surface area contributed by atoms with Crippen LogP contribution in [0.3, 0.4) is 0 Å². The van der Waals surface area contributed by atoms with Crippen molar-refractivity contribution < 1.29 is 4.74 Å². The molecule has 18 heavy (non-hydrogen) atoms. The van der Waals surface area contributed by atoms with Crippen molar-refractivity contribution in [3.8, 4) is 0 Å². The van der Waals surface area contributed by atoms with Gasteiger partial charge in [-0.1, -0.05) is 0 Å². The molecule has 1 aromatic rings. The Kier molecular flexibility index (Phi) is 5.55. The van der Waals surface area contributed by atoms with Crippen LogP contribution in [0.25, 0.3) is 0 Å². The maximum Gasteiger partial charge on any atom is 0.187 e. The van der Waals surface area contributed by atoms with Gasteiger partial charge in [0.15, 0.2) is 5.11 Å². The normalized spacial score (nSPS) is 19.3. The minimum Gasteiger partial charge on any atom is -0.376 e. The van der Waals surface area contributed by atoms with Crippen molar-refractivity contribution in [3.63, 3.8) is 0 Å². The Morgan fingerprint density at radius 2 is 2.61 bits per heavy atom. The maximum atomic E-state index is 5.49. The van der Waals surface area contributed by atoms with E-state index in [9.17, 15) is 0 Å². The smallest absolute Gasteiger partial charge is 0.187 e. The Morgan fingerprint density at radius 3 is 3.28 bits per heavy atom. The van der Waals surface area contributed by atoms with Gasteiger partial charge in [-0.05, 0) is 47.1 Å². The summed E-state index contributed by atoms with van der Waals surface area (Å²) < 4.78 is 6.55. The predicted octanol–water partition coefficient (Wildman–Crippen LogP) is 2.49. The number of hydrogen-bond acceptors (Lipinski definition) is 4. The molecule has 0 spiro atoms.